The lowest BCUT2D eigenvalue weighted by molar-refractivity contribution is 0.179. The van der Waals surface area contributed by atoms with Gasteiger partial charge in [-0.3, -0.25) is 0 Å². The molecule has 1 aromatic rings. The molecule has 0 unspecified atom stereocenters. The van der Waals surface area contributed by atoms with Gasteiger partial charge in [0.15, 0.2) is 0 Å². The van der Waals surface area contributed by atoms with Gasteiger partial charge in [0.2, 0.25) is 0 Å². The number of hydrogen-bond donors (Lipinski definition) is 1. The van der Waals surface area contributed by atoms with E-state index in [2.05, 4.69) is 29.5 Å². The summed E-state index contributed by atoms with van der Waals surface area (Å²) in [5, 5.41) is 7.11. The molecule has 1 aliphatic carbocycles. The number of hydrogen-bond acceptors (Lipinski definition) is 3. The Kier molecular flexibility index (Phi) is 5.19. The Morgan fingerprint density at radius 1 is 1.33 bits per heavy atom. The van der Waals surface area contributed by atoms with Crippen molar-refractivity contribution in [1.82, 2.24) is 10.3 Å². The summed E-state index contributed by atoms with van der Waals surface area (Å²) in [5.74, 6) is 0. The van der Waals surface area contributed by atoms with E-state index in [4.69, 9.17) is 0 Å². The van der Waals surface area contributed by atoms with E-state index in [0.717, 1.165) is 6.54 Å². The van der Waals surface area contributed by atoms with Crippen molar-refractivity contribution < 1.29 is 0 Å². The molecule has 0 aromatic carbocycles. The van der Waals surface area contributed by atoms with Crippen LogP contribution in [0.25, 0.3) is 0 Å². The maximum absolute atomic E-state index is 4.67. The van der Waals surface area contributed by atoms with E-state index in [1.807, 2.05) is 0 Å². The van der Waals surface area contributed by atoms with Crippen molar-refractivity contribution in [2.75, 3.05) is 13.1 Å². The molecule has 0 amide bonds. The maximum Gasteiger partial charge on any atom is 0.0897 e. The summed E-state index contributed by atoms with van der Waals surface area (Å²) >= 11 is 1.79. The molecule has 2 rings (SSSR count). The fourth-order valence-corrected chi connectivity index (χ4v) is 3.73. The summed E-state index contributed by atoms with van der Waals surface area (Å²) in [6.45, 7) is 6.68. The summed E-state index contributed by atoms with van der Waals surface area (Å²) < 4.78 is 0. The van der Waals surface area contributed by atoms with Crippen LogP contribution >= 0.6 is 11.3 Å². The van der Waals surface area contributed by atoms with Gasteiger partial charge in [0.25, 0.3) is 0 Å². The zero-order chi connectivity index (χ0) is 12.8. The molecule has 1 saturated carbocycles. The highest BCUT2D eigenvalue weighted by molar-refractivity contribution is 7.09. The van der Waals surface area contributed by atoms with Gasteiger partial charge in [0.1, 0.15) is 0 Å². The molecule has 18 heavy (non-hydrogen) atoms. The molecule has 0 bridgehead atoms. The van der Waals surface area contributed by atoms with E-state index in [1.54, 1.807) is 11.3 Å². The second kappa shape index (κ2) is 6.67. The normalized spacial score (nSPS) is 19.0. The van der Waals surface area contributed by atoms with Crippen LogP contribution in [0, 0.1) is 12.3 Å². The Bertz CT molecular complexity index is 353. The topological polar surface area (TPSA) is 24.9 Å². The van der Waals surface area contributed by atoms with Crippen molar-refractivity contribution in [3.05, 3.63) is 16.1 Å². The molecule has 1 fully saturated rings. The van der Waals surface area contributed by atoms with Crippen molar-refractivity contribution >= 4 is 11.3 Å². The predicted octanol–water partition coefficient (Wildman–Crippen LogP) is 3.94. The van der Waals surface area contributed by atoms with Gasteiger partial charge in [-0.1, -0.05) is 26.2 Å². The maximum atomic E-state index is 4.67. The fraction of sp³-hybridized carbons (Fsp3) is 0.800. The Morgan fingerprint density at radius 3 is 2.72 bits per heavy atom. The van der Waals surface area contributed by atoms with Crippen LogP contribution in [0.5, 0.6) is 0 Å². The molecule has 1 aliphatic rings. The number of nitrogens with zero attached hydrogens (tertiary/aromatic N) is 1. The van der Waals surface area contributed by atoms with Crippen LogP contribution in [-0.4, -0.2) is 18.1 Å². The van der Waals surface area contributed by atoms with Crippen LogP contribution in [0.15, 0.2) is 5.38 Å². The largest absolute Gasteiger partial charge is 0.316 e. The third kappa shape index (κ3) is 3.79. The molecule has 0 aliphatic heterocycles. The summed E-state index contributed by atoms with van der Waals surface area (Å²) in [5.41, 5.74) is 1.80. The molecule has 1 heterocycles. The molecule has 0 spiro atoms. The third-order valence-corrected chi connectivity index (χ3v) is 4.89. The van der Waals surface area contributed by atoms with Gasteiger partial charge in [0, 0.05) is 11.9 Å². The van der Waals surface area contributed by atoms with Crippen LogP contribution in [-0.2, 0) is 6.42 Å². The minimum atomic E-state index is 0.480. The van der Waals surface area contributed by atoms with E-state index in [1.165, 1.54) is 62.2 Å². The van der Waals surface area contributed by atoms with E-state index >= 15 is 0 Å². The molecule has 0 saturated heterocycles. The van der Waals surface area contributed by atoms with Crippen molar-refractivity contribution in [3.8, 4) is 0 Å². The molecule has 3 heteroatoms. The van der Waals surface area contributed by atoms with E-state index < -0.39 is 0 Å². The zero-order valence-electron chi connectivity index (χ0n) is 11.8. The monoisotopic (exact) mass is 266 g/mol. The molecule has 1 N–H and O–H groups in total. The van der Waals surface area contributed by atoms with Crippen molar-refractivity contribution in [2.24, 2.45) is 5.41 Å². The van der Waals surface area contributed by atoms with Crippen LogP contribution in [0.4, 0.5) is 0 Å². The van der Waals surface area contributed by atoms with Gasteiger partial charge in [-0.2, -0.15) is 0 Å². The average Bonchev–Trinajstić information content (AvgIpc) is 2.76. The van der Waals surface area contributed by atoms with Crippen LogP contribution in [0.2, 0.25) is 0 Å². The molecular weight excluding hydrogens is 240 g/mol. The highest BCUT2D eigenvalue weighted by Crippen LogP contribution is 2.38. The SMILES string of the molecule is CCCNCC1(Cc2csc(C)n2)CCCCC1. The van der Waals surface area contributed by atoms with Crippen molar-refractivity contribution in [3.63, 3.8) is 0 Å². The van der Waals surface area contributed by atoms with Gasteiger partial charge in [0.05, 0.1) is 10.7 Å². The summed E-state index contributed by atoms with van der Waals surface area (Å²) in [6, 6.07) is 0. The van der Waals surface area contributed by atoms with Crippen LogP contribution in [0.3, 0.4) is 0 Å². The highest BCUT2D eigenvalue weighted by Gasteiger charge is 2.32. The Balaban J connectivity index is 1.99. The predicted molar refractivity (Wildman–Crippen MR) is 79.2 cm³/mol. The quantitative estimate of drug-likeness (QED) is 0.789. The Morgan fingerprint density at radius 2 is 2.11 bits per heavy atom. The number of aromatic nitrogens is 1. The first-order chi connectivity index (χ1) is 8.74. The first-order valence-electron chi connectivity index (χ1n) is 7.36. The fourth-order valence-electron chi connectivity index (χ4n) is 3.12. The summed E-state index contributed by atoms with van der Waals surface area (Å²) in [7, 11) is 0. The van der Waals surface area contributed by atoms with Gasteiger partial charge in [-0.25, -0.2) is 4.98 Å². The van der Waals surface area contributed by atoms with Gasteiger partial charge in [-0.15, -0.1) is 11.3 Å². The second-order valence-corrected chi connectivity index (χ2v) is 6.83. The van der Waals surface area contributed by atoms with E-state index in [0.29, 0.717) is 5.41 Å². The van der Waals surface area contributed by atoms with Gasteiger partial charge in [-0.05, 0) is 44.6 Å². The number of aryl methyl sites for hydroxylation is 1. The third-order valence-electron chi connectivity index (χ3n) is 4.06. The highest BCUT2D eigenvalue weighted by atomic mass is 32.1. The zero-order valence-corrected chi connectivity index (χ0v) is 12.6. The molecular formula is C15H26N2S. The van der Waals surface area contributed by atoms with Crippen molar-refractivity contribution in [2.45, 2.75) is 58.8 Å². The average molecular weight is 266 g/mol. The van der Waals surface area contributed by atoms with Gasteiger partial charge < -0.3 is 5.32 Å². The van der Waals surface area contributed by atoms with Crippen molar-refractivity contribution in [1.29, 1.82) is 0 Å². The first-order valence-corrected chi connectivity index (χ1v) is 8.24. The van der Waals surface area contributed by atoms with Crippen LogP contribution < -0.4 is 5.32 Å². The molecule has 1 aromatic heterocycles. The lowest BCUT2D eigenvalue weighted by Crippen LogP contribution is -2.38. The lowest BCUT2D eigenvalue weighted by Gasteiger charge is -2.37. The van der Waals surface area contributed by atoms with Crippen LogP contribution in [0.1, 0.15) is 56.2 Å². The standard InChI is InChI=1S/C15H26N2S/c1-3-9-16-12-15(7-5-4-6-8-15)10-14-11-18-13(2)17-14/h11,16H,3-10,12H2,1-2H3. The molecule has 0 atom stereocenters. The summed E-state index contributed by atoms with van der Waals surface area (Å²) in [4.78, 5) is 4.67. The number of thiazole rings is 1. The molecule has 102 valence electrons. The van der Waals surface area contributed by atoms with Gasteiger partial charge >= 0.3 is 0 Å². The number of nitrogens with one attached hydrogen (secondary N) is 1. The Hall–Kier alpha value is -0.410. The minimum Gasteiger partial charge on any atom is -0.316 e. The smallest absolute Gasteiger partial charge is 0.0897 e. The lowest BCUT2D eigenvalue weighted by atomic mass is 9.71. The minimum absolute atomic E-state index is 0.480. The summed E-state index contributed by atoms with van der Waals surface area (Å²) in [6.07, 6.45) is 9.37. The second-order valence-electron chi connectivity index (χ2n) is 5.77. The molecule has 2 nitrogen and oxygen atoms in total. The molecule has 0 radical (unpaired) electrons. The first kappa shape index (κ1) is 14.0. The Labute approximate surface area is 115 Å². The van der Waals surface area contributed by atoms with E-state index in [9.17, 15) is 0 Å². The van der Waals surface area contributed by atoms with E-state index in [-0.39, 0.29) is 0 Å². The number of rotatable bonds is 6.